The van der Waals surface area contributed by atoms with Gasteiger partial charge < -0.3 is 28.4 Å². The molecule has 0 unspecified atom stereocenters. The van der Waals surface area contributed by atoms with Gasteiger partial charge in [-0.05, 0) is 30.7 Å². The number of carbonyl (C=O) groups excluding carboxylic acids is 3. The number of nitrogens with zero attached hydrogens (tertiary/aromatic N) is 4. The minimum absolute atomic E-state index is 0.0290. The van der Waals surface area contributed by atoms with Crippen LogP contribution >= 0.6 is 0 Å². The maximum atomic E-state index is 12.8. The summed E-state index contributed by atoms with van der Waals surface area (Å²) >= 11 is 0. The Bertz CT molecular complexity index is 926. The Balaban J connectivity index is 1.62. The second-order valence-corrected chi connectivity index (χ2v) is 7.94. The fraction of sp³-hybridized carbons (Fsp3) is 0.522. The third-order valence-corrected chi connectivity index (χ3v) is 5.60. The largest absolute Gasteiger partial charge is 0.454 e. The van der Waals surface area contributed by atoms with Crippen molar-refractivity contribution in [2.24, 2.45) is 0 Å². The molecule has 0 aliphatic carbocycles. The predicted molar refractivity (Wildman–Crippen MR) is 118 cm³/mol. The number of hydrogen-bond acceptors (Lipinski definition) is 5. The molecule has 0 spiro atoms. The summed E-state index contributed by atoms with van der Waals surface area (Å²) in [6, 6.07) is 7.42. The first kappa shape index (κ1) is 23.6. The summed E-state index contributed by atoms with van der Waals surface area (Å²) in [5.74, 6) is 0.789. The molecule has 3 rings (SSSR count). The van der Waals surface area contributed by atoms with E-state index in [4.69, 9.17) is 9.15 Å². The van der Waals surface area contributed by atoms with Crippen LogP contribution in [0.25, 0.3) is 0 Å². The van der Waals surface area contributed by atoms with Gasteiger partial charge in [-0.2, -0.15) is 0 Å². The van der Waals surface area contributed by atoms with Crippen LogP contribution in [0.4, 0.5) is 0 Å². The van der Waals surface area contributed by atoms with Gasteiger partial charge in [-0.1, -0.05) is 6.92 Å². The Labute approximate surface area is 188 Å². The van der Waals surface area contributed by atoms with E-state index in [-0.39, 0.29) is 24.3 Å². The van der Waals surface area contributed by atoms with Crippen LogP contribution in [0.2, 0.25) is 0 Å². The minimum atomic E-state index is -0.161. The van der Waals surface area contributed by atoms with Gasteiger partial charge in [-0.15, -0.1) is 0 Å². The first-order valence-corrected chi connectivity index (χ1v) is 11.0. The van der Waals surface area contributed by atoms with E-state index in [0.29, 0.717) is 57.3 Å². The van der Waals surface area contributed by atoms with Gasteiger partial charge in [0.2, 0.25) is 11.8 Å². The zero-order chi connectivity index (χ0) is 23.1. The lowest BCUT2D eigenvalue weighted by molar-refractivity contribution is -0.136. The zero-order valence-corrected chi connectivity index (χ0v) is 19.1. The molecule has 1 fully saturated rings. The van der Waals surface area contributed by atoms with Crippen LogP contribution in [0.5, 0.6) is 0 Å². The lowest BCUT2D eigenvalue weighted by atomic mass is 10.3. The van der Waals surface area contributed by atoms with Crippen molar-refractivity contribution >= 4 is 17.7 Å². The average Bonchev–Trinajstić information content (AvgIpc) is 3.43. The van der Waals surface area contributed by atoms with Gasteiger partial charge in [-0.25, -0.2) is 0 Å². The molecule has 2 aromatic rings. The molecule has 0 saturated carbocycles. The van der Waals surface area contributed by atoms with E-state index in [1.807, 2.05) is 35.9 Å². The second-order valence-electron chi connectivity index (χ2n) is 7.94. The monoisotopic (exact) mass is 444 g/mol. The summed E-state index contributed by atoms with van der Waals surface area (Å²) < 4.78 is 12.9. The summed E-state index contributed by atoms with van der Waals surface area (Å²) in [6.45, 7) is 7.32. The molecule has 1 aliphatic heterocycles. The Morgan fingerprint density at radius 1 is 1.09 bits per heavy atom. The van der Waals surface area contributed by atoms with Crippen LogP contribution in [-0.4, -0.2) is 83.4 Å². The number of ether oxygens (including phenoxy) is 1. The van der Waals surface area contributed by atoms with Crippen molar-refractivity contribution in [2.75, 3.05) is 46.4 Å². The molecule has 3 amide bonds. The molecule has 3 heterocycles. The van der Waals surface area contributed by atoms with E-state index in [2.05, 4.69) is 0 Å². The molecule has 0 atom stereocenters. The average molecular weight is 445 g/mol. The molecular weight excluding hydrogens is 412 g/mol. The van der Waals surface area contributed by atoms with Gasteiger partial charge in [0.05, 0.1) is 13.1 Å². The fourth-order valence-electron chi connectivity index (χ4n) is 3.85. The smallest absolute Gasteiger partial charge is 0.289 e. The lowest BCUT2D eigenvalue weighted by Crippen LogP contribution is -2.50. The van der Waals surface area contributed by atoms with E-state index >= 15 is 0 Å². The second kappa shape index (κ2) is 11.0. The molecule has 0 bridgehead atoms. The van der Waals surface area contributed by atoms with Gasteiger partial charge in [0.15, 0.2) is 5.76 Å². The molecule has 174 valence electrons. The van der Waals surface area contributed by atoms with E-state index in [0.717, 1.165) is 12.1 Å². The Hall–Kier alpha value is -3.07. The third kappa shape index (κ3) is 5.79. The van der Waals surface area contributed by atoms with E-state index in [1.165, 1.54) is 7.11 Å². The van der Waals surface area contributed by atoms with Crippen LogP contribution < -0.4 is 0 Å². The maximum Gasteiger partial charge on any atom is 0.289 e. The predicted octanol–water partition coefficient (Wildman–Crippen LogP) is 1.82. The van der Waals surface area contributed by atoms with Crippen molar-refractivity contribution in [2.45, 2.75) is 33.4 Å². The molecule has 1 aliphatic rings. The van der Waals surface area contributed by atoms with Gasteiger partial charge in [0.1, 0.15) is 12.4 Å². The first-order chi connectivity index (χ1) is 15.4. The summed E-state index contributed by atoms with van der Waals surface area (Å²) in [4.78, 5) is 41.8. The summed E-state index contributed by atoms with van der Waals surface area (Å²) in [7, 11) is 1.52. The first-order valence-electron chi connectivity index (χ1n) is 11.0. The van der Waals surface area contributed by atoms with E-state index in [1.54, 1.807) is 27.7 Å². The molecular formula is C23H32N4O5. The number of aromatic nitrogens is 1. The van der Waals surface area contributed by atoms with Crippen molar-refractivity contribution in [3.05, 3.63) is 47.7 Å². The number of methoxy groups -OCH3 is 1. The van der Waals surface area contributed by atoms with Crippen molar-refractivity contribution in [3.8, 4) is 0 Å². The summed E-state index contributed by atoms with van der Waals surface area (Å²) in [5.41, 5.74) is 0.979. The fourth-order valence-corrected chi connectivity index (χ4v) is 3.85. The molecule has 0 radical (unpaired) electrons. The van der Waals surface area contributed by atoms with Crippen molar-refractivity contribution in [1.29, 1.82) is 0 Å². The van der Waals surface area contributed by atoms with Gasteiger partial charge >= 0.3 is 0 Å². The summed E-state index contributed by atoms with van der Waals surface area (Å²) in [5, 5.41) is 0. The molecule has 1 saturated heterocycles. The highest BCUT2D eigenvalue weighted by Gasteiger charge is 2.25. The number of piperazine rings is 1. The zero-order valence-electron chi connectivity index (χ0n) is 19.1. The van der Waals surface area contributed by atoms with Gasteiger partial charge in [0.25, 0.3) is 5.91 Å². The Morgan fingerprint density at radius 2 is 1.81 bits per heavy atom. The highest BCUT2D eigenvalue weighted by Crippen LogP contribution is 2.16. The highest BCUT2D eigenvalue weighted by molar-refractivity contribution is 5.91. The molecule has 9 nitrogen and oxygen atoms in total. The lowest BCUT2D eigenvalue weighted by Gasteiger charge is -2.33. The van der Waals surface area contributed by atoms with Crippen molar-refractivity contribution in [1.82, 2.24) is 19.3 Å². The number of carbonyl (C=O) groups is 3. The van der Waals surface area contributed by atoms with Crippen LogP contribution in [0.3, 0.4) is 0 Å². The van der Waals surface area contributed by atoms with Crippen molar-refractivity contribution in [3.63, 3.8) is 0 Å². The van der Waals surface area contributed by atoms with Crippen LogP contribution in [0.1, 0.15) is 42.3 Å². The molecule has 0 N–H and O–H groups in total. The van der Waals surface area contributed by atoms with Gasteiger partial charge in [-0.3, -0.25) is 14.4 Å². The van der Waals surface area contributed by atoms with E-state index < -0.39 is 0 Å². The van der Waals surface area contributed by atoms with Crippen LogP contribution in [0, 0.1) is 0 Å². The van der Waals surface area contributed by atoms with Crippen molar-refractivity contribution < 1.29 is 23.5 Å². The number of rotatable bonds is 9. The molecule has 9 heteroatoms. The topological polar surface area (TPSA) is 88.2 Å². The minimum Gasteiger partial charge on any atom is -0.454 e. The third-order valence-electron chi connectivity index (χ3n) is 5.60. The normalized spacial score (nSPS) is 14.0. The molecule has 2 aromatic heterocycles. The van der Waals surface area contributed by atoms with Gasteiger partial charge in [0, 0.05) is 58.6 Å². The number of furan rings is 1. The number of hydrogen-bond donors (Lipinski definition) is 0. The van der Waals surface area contributed by atoms with Crippen LogP contribution in [0.15, 0.2) is 34.9 Å². The molecule has 32 heavy (non-hydrogen) atoms. The Kier molecular flexibility index (Phi) is 8.10. The standard InChI is InChI=1S/C23H32N4O5/c1-4-9-27(22(29)17-31-3)15-19-6-5-10-26(19)16-20-7-8-21(32-20)23(30)25-13-11-24(12-14-25)18(2)28/h5-8,10H,4,9,11-17H2,1-3H3. The maximum absolute atomic E-state index is 12.8. The quantitative estimate of drug-likeness (QED) is 0.589. The van der Waals surface area contributed by atoms with E-state index in [9.17, 15) is 14.4 Å². The molecule has 0 aromatic carbocycles. The highest BCUT2D eigenvalue weighted by atomic mass is 16.5. The number of amides is 3. The summed E-state index contributed by atoms with van der Waals surface area (Å²) in [6.07, 6.45) is 2.80. The van der Waals surface area contributed by atoms with Crippen LogP contribution in [-0.2, 0) is 27.4 Å². The SMILES string of the molecule is CCCN(Cc1cccn1Cc1ccc(C(=O)N2CCN(C(C)=O)CC2)o1)C(=O)COC. The Morgan fingerprint density at radius 3 is 2.47 bits per heavy atom.